The first-order valence-electron chi connectivity index (χ1n) is 8.80. The summed E-state index contributed by atoms with van der Waals surface area (Å²) in [4.78, 5) is 25.3. The fourth-order valence-corrected chi connectivity index (χ4v) is 2.99. The van der Waals surface area contributed by atoms with E-state index in [-0.39, 0.29) is 11.1 Å². The zero-order valence-electron chi connectivity index (χ0n) is 15.3. The van der Waals surface area contributed by atoms with E-state index in [0.29, 0.717) is 23.2 Å². The summed E-state index contributed by atoms with van der Waals surface area (Å²) in [5, 5.41) is 3.38. The lowest BCUT2D eigenvalue weighted by Gasteiger charge is -2.11. The highest BCUT2D eigenvalue weighted by molar-refractivity contribution is 6.31. The Morgan fingerprint density at radius 3 is 2.41 bits per heavy atom. The Labute approximate surface area is 163 Å². The van der Waals surface area contributed by atoms with Gasteiger partial charge in [0.1, 0.15) is 5.56 Å². The van der Waals surface area contributed by atoms with Crippen molar-refractivity contribution in [2.24, 2.45) is 0 Å². The van der Waals surface area contributed by atoms with Gasteiger partial charge in [0, 0.05) is 16.9 Å². The minimum atomic E-state index is -0.425. The molecule has 0 aliphatic rings. The van der Waals surface area contributed by atoms with Crippen LogP contribution >= 0.6 is 11.6 Å². The van der Waals surface area contributed by atoms with Gasteiger partial charge >= 0.3 is 0 Å². The number of pyridine rings is 1. The van der Waals surface area contributed by atoms with Crippen LogP contribution in [0, 0.1) is 0 Å². The van der Waals surface area contributed by atoms with E-state index in [1.54, 1.807) is 18.3 Å². The molecule has 0 saturated carbocycles. The number of anilines is 1. The summed E-state index contributed by atoms with van der Waals surface area (Å²) in [6, 6.07) is 18.2. The Morgan fingerprint density at radius 2 is 1.74 bits per heavy atom. The van der Waals surface area contributed by atoms with E-state index in [0.717, 1.165) is 5.56 Å². The van der Waals surface area contributed by atoms with E-state index in [4.69, 9.17) is 11.6 Å². The largest absolute Gasteiger partial charge is 0.322 e. The first kappa shape index (κ1) is 18.9. The first-order chi connectivity index (χ1) is 13.0. The van der Waals surface area contributed by atoms with Crippen LogP contribution in [0.5, 0.6) is 0 Å². The highest BCUT2D eigenvalue weighted by Gasteiger charge is 2.13. The van der Waals surface area contributed by atoms with Crippen LogP contribution in [0.3, 0.4) is 0 Å². The molecule has 0 saturated heterocycles. The lowest BCUT2D eigenvalue weighted by molar-refractivity contribution is 0.102. The van der Waals surface area contributed by atoms with Gasteiger partial charge in [0.2, 0.25) is 0 Å². The highest BCUT2D eigenvalue weighted by Crippen LogP contribution is 2.18. The molecule has 1 aromatic heterocycles. The van der Waals surface area contributed by atoms with Gasteiger partial charge in [-0.15, -0.1) is 0 Å². The van der Waals surface area contributed by atoms with E-state index >= 15 is 0 Å². The van der Waals surface area contributed by atoms with Gasteiger partial charge in [-0.25, -0.2) is 0 Å². The highest BCUT2D eigenvalue weighted by atomic mass is 35.5. The third-order valence-corrected chi connectivity index (χ3v) is 4.77. The number of hydrogen-bond donors (Lipinski definition) is 1. The zero-order valence-corrected chi connectivity index (χ0v) is 16.0. The SMILES string of the molecule is CC(C)c1ccc(NC(=O)c2cccn(Cc3ccccc3Cl)c2=O)cc1. The van der Waals surface area contributed by atoms with Gasteiger partial charge in [0.15, 0.2) is 0 Å². The minimum absolute atomic E-state index is 0.0949. The molecule has 1 N–H and O–H groups in total. The summed E-state index contributed by atoms with van der Waals surface area (Å²) in [6.45, 7) is 4.53. The van der Waals surface area contributed by atoms with Crippen molar-refractivity contribution in [3.8, 4) is 0 Å². The molecule has 138 valence electrons. The molecule has 0 radical (unpaired) electrons. The van der Waals surface area contributed by atoms with Crippen LogP contribution in [0.4, 0.5) is 5.69 Å². The van der Waals surface area contributed by atoms with Gasteiger partial charge < -0.3 is 9.88 Å². The van der Waals surface area contributed by atoms with Crippen molar-refractivity contribution >= 4 is 23.2 Å². The molecule has 1 heterocycles. The number of carbonyl (C=O) groups excluding carboxylic acids is 1. The fourth-order valence-electron chi connectivity index (χ4n) is 2.79. The van der Waals surface area contributed by atoms with Crippen LogP contribution in [-0.4, -0.2) is 10.5 Å². The number of benzene rings is 2. The van der Waals surface area contributed by atoms with E-state index in [9.17, 15) is 9.59 Å². The molecular weight excluding hydrogens is 360 g/mol. The van der Waals surface area contributed by atoms with Gasteiger partial charge in [0.05, 0.1) is 6.54 Å². The molecule has 3 aromatic rings. The number of aromatic nitrogens is 1. The van der Waals surface area contributed by atoms with Crippen LogP contribution in [0.2, 0.25) is 5.02 Å². The number of nitrogens with one attached hydrogen (secondary N) is 1. The maximum Gasteiger partial charge on any atom is 0.263 e. The van der Waals surface area contributed by atoms with E-state index in [1.807, 2.05) is 42.5 Å². The Hall–Kier alpha value is -2.85. The average Bonchev–Trinajstić information content (AvgIpc) is 2.65. The molecular formula is C22H21ClN2O2. The topological polar surface area (TPSA) is 51.1 Å². The second kappa shape index (κ2) is 8.23. The molecule has 0 bridgehead atoms. The Kier molecular flexibility index (Phi) is 5.77. The molecule has 0 spiro atoms. The molecule has 0 unspecified atom stereocenters. The summed E-state index contributed by atoms with van der Waals surface area (Å²) >= 11 is 6.18. The lowest BCUT2D eigenvalue weighted by atomic mass is 10.0. The molecule has 5 heteroatoms. The number of halogens is 1. The standard InChI is InChI=1S/C22H21ClN2O2/c1-15(2)16-9-11-18(12-10-16)24-21(26)19-7-5-13-25(22(19)27)14-17-6-3-4-8-20(17)23/h3-13,15H,14H2,1-2H3,(H,24,26). The van der Waals surface area contributed by atoms with Crippen molar-refractivity contribution < 1.29 is 4.79 Å². The van der Waals surface area contributed by atoms with Crippen LogP contribution < -0.4 is 10.9 Å². The number of carbonyl (C=O) groups is 1. The van der Waals surface area contributed by atoms with E-state index < -0.39 is 5.91 Å². The smallest absolute Gasteiger partial charge is 0.263 e. The van der Waals surface area contributed by atoms with Crippen molar-refractivity contribution in [1.29, 1.82) is 0 Å². The average molecular weight is 381 g/mol. The zero-order chi connectivity index (χ0) is 19.4. The van der Waals surface area contributed by atoms with Gasteiger partial charge in [-0.05, 0) is 47.4 Å². The number of rotatable bonds is 5. The summed E-state index contributed by atoms with van der Waals surface area (Å²) in [5.74, 6) is -0.00769. The second-order valence-electron chi connectivity index (χ2n) is 6.68. The molecule has 0 aliphatic carbocycles. The van der Waals surface area contributed by atoms with Crippen LogP contribution in [0.1, 0.15) is 41.3 Å². The molecule has 0 aliphatic heterocycles. The summed E-state index contributed by atoms with van der Waals surface area (Å²) in [5.41, 5.74) is 2.41. The number of hydrogen-bond acceptors (Lipinski definition) is 2. The third kappa shape index (κ3) is 4.47. The van der Waals surface area contributed by atoms with Crippen molar-refractivity contribution in [1.82, 2.24) is 4.57 Å². The van der Waals surface area contributed by atoms with Crippen molar-refractivity contribution in [3.63, 3.8) is 0 Å². The van der Waals surface area contributed by atoms with Crippen LogP contribution in [-0.2, 0) is 6.54 Å². The van der Waals surface area contributed by atoms with E-state index in [1.165, 1.54) is 16.2 Å². The predicted octanol–water partition coefficient (Wildman–Crippen LogP) is 4.93. The van der Waals surface area contributed by atoms with Gasteiger partial charge in [-0.1, -0.05) is 55.8 Å². The van der Waals surface area contributed by atoms with E-state index in [2.05, 4.69) is 19.2 Å². The lowest BCUT2D eigenvalue weighted by Crippen LogP contribution is -2.29. The third-order valence-electron chi connectivity index (χ3n) is 4.40. The van der Waals surface area contributed by atoms with Gasteiger partial charge in [-0.3, -0.25) is 9.59 Å². The van der Waals surface area contributed by atoms with Crippen molar-refractivity contribution in [2.75, 3.05) is 5.32 Å². The van der Waals surface area contributed by atoms with Crippen LogP contribution in [0.25, 0.3) is 0 Å². The van der Waals surface area contributed by atoms with Crippen molar-refractivity contribution in [2.45, 2.75) is 26.3 Å². The number of nitrogens with zero attached hydrogens (tertiary/aromatic N) is 1. The molecule has 0 fully saturated rings. The summed E-state index contributed by atoms with van der Waals surface area (Å²) in [6.07, 6.45) is 1.65. The molecule has 1 amide bonds. The molecule has 27 heavy (non-hydrogen) atoms. The summed E-state index contributed by atoms with van der Waals surface area (Å²) in [7, 11) is 0. The Morgan fingerprint density at radius 1 is 1.04 bits per heavy atom. The predicted molar refractivity (Wildman–Crippen MR) is 110 cm³/mol. The molecule has 2 aromatic carbocycles. The molecule has 0 atom stereocenters. The number of amides is 1. The Bertz CT molecular complexity index is 1010. The maximum atomic E-state index is 12.7. The first-order valence-corrected chi connectivity index (χ1v) is 9.17. The summed E-state index contributed by atoms with van der Waals surface area (Å²) < 4.78 is 1.48. The van der Waals surface area contributed by atoms with Crippen molar-refractivity contribution in [3.05, 3.63) is 98.9 Å². The molecule has 4 nitrogen and oxygen atoms in total. The second-order valence-corrected chi connectivity index (χ2v) is 7.08. The van der Waals surface area contributed by atoms with Gasteiger partial charge in [0.25, 0.3) is 11.5 Å². The van der Waals surface area contributed by atoms with Crippen LogP contribution in [0.15, 0.2) is 71.7 Å². The quantitative estimate of drug-likeness (QED) is 0.682. The normalized spacial score (nSPS) is 10.8. The molecule has 3 rings (SSSR count). The minimum Gasteiger partial charge on any atom is -0.322 e. The monoisotopic (exact) mass is 380 g/mol. The Balaban J connectivity index is 1.81. The van der Waals surface area contributed by atoms with Gasteiger partial charge in [-0.2, -0.15) is 0 Å². The fraction of sp³-hybridized carbons (Fsp3) is 0.182. The maximum absolute atomic E-state index is 12.7.